The molecule has 0 heterocycles. The van der Waals surface area contributed by atoms with Crippen molar-refractivity contribution < 1.29 is 28.6 Å². The molecule has 1 atom stereocenters. The first-order valence-electron chi connectivity index (χ1n) is 22.4. The van der Waals surface area contributed by atoms with Gasteiger partial charge in [0.15, 0.2) is 6.10 Å². The van der Waals surface area contributed by atoms with Crippen molar-refractivity contribution in [3.8, 4) is 0 Å². The quantitative estimate of drug-likeness (QED) is 0.0204. The molecule has 1 unspecified atom stereocenters. The average molecular weight is 789 g/mol. The van der Waals surface area contributed by atoms with Crippen LogP contribution in [0.3, 0.4) is 0 Å². The van der Waals surface area contributed by atoms with E-state index in [0.717, 1.165) is 96.3 Å². The maximum atomic E-state index is 12.7. The van der Waals surface area contributed by atoms with Gasteiger partial charge in [-0.2, -0.15) is 0 Å². The highest BCUT2D eigenvalue weighted by molar-refractivity contribution is 5.71. The Balaban J connectivity index is 4.52. The molecule has 0 aliphatic rings. The molecular weight excluding hydrogens is 709 g/mol. The lowest BCUT2D eigenvalue weighted by Gasteiger charge is -2.18. The normalized spacial score (nSPS) is 13.1. The summed E-state index contributed by atoms with van der Waals surface area (Å²) in [6.07, 6.45) is 59.4. The number of hydrogen-bond acceptors (Lipinski definition) is 6. The molecular formula is C51H80O6. The molecule has 0 saturated heterocycles. The molecule has 0 aliphatic heterocycles. The van der Waals surface area contributed by atoms with Gasteiger partial charge < -0.3 is 14.2 Å². The minimum absolute atomic E-state index is 0.115. The summed E-state index contributed by atoms with van der Waals surface area (Å²) in [5.74, 6) is -1.02. The molecule has 0 amide bonds. The van der Waals surface area contributed by atoms with Gasteiger partial charge >= 0.3 is 17.9 Å². The fourth-order valence-corrected chi connectivity index (χ4v) is 5.53. The largest absolute Gasteiger partial charge is 0.462 e. The van der Waals surface area contributed by atoms with Crippen LogP contribution in [0.2, 0.25) is 0 Å². The predicted molar refractivity (Wildman–Crippen MR) is 242 cm³/mol. The predicted octanol–water partition coefficient (Wildman–Crippen LogP) is 14.4. The molecule has 0 fully saturated rings. The van der Waals surface area contributed by atoms with Crippen LogP contribution in [0.4, 0.5) is 0 Å². The summed E-state index contributed by atoms with van der Waals surface area (Å²) >= 11 is 0. The van der Waals surface area contributed by atoms with E-state index in [2.05, 4.69) is 130 Å². The number of unbranched alkanes of at least 4 members (excludes halogenated alkanes) is 11. The van der Waals surface area contributed by atoms with Crippen LogP contribution in [0.5, 0.6) is 0 Å². The Morgan fingerprint density at radius 2 is 0.719 bits per heavy atom. The lowest BCUT2D eigenvalue weighted by molar-refractivity contribution is -0.167. The third kappa shape index (κ3) is 43.0. The third-order valence-corrected chi connectivity index (χ3v) is 8.81. The van der Waals surface area contributed by atoms with Crippen LogP contribution in [0, 0.1) is 0 Å². The highest BCUT2D eigenvalue weighted by atomic mass is 16.6. The Morgan fingerprint density at radius 3 is 1.21 bits per heavy atom. The first-order valence-corrected chi connectivity index (χ1v) is 22.4. The lowest BCUT2D eigenvalue weighted by atomic mass is 10.1. The second kappa shape index (κ2) is 44.8. The zero-order chi connectivity index (χ0) is 41.5. The number of ether oxygens (including phenoxy) is 3. The van der Waals surface area contributed by atoms with Crippen LogP contribution in [0.1, 0.15) is 175 Å². The van der Waals surface area contributed by atoms with Crippen molar-refractivity contribution >= 4 is 17.9 Å². The van der Waals surface area contributed by atoms with Gasteiger partial charge in [0, 0.05) is 19.3 Å². The minimum Gasteiger partial charge on any atom is -0.462 e. The van der Waals surface area contributed by atoms with Gasteiger partial charge in [-0.15, -0.1) is 0 Å². The van der Waals surface area contributed by atoms with Crippen LogP contribution in [0.25, 0.3) is 0 Å². The Labute approximate surface area is 349 Å². The van der Waals surface area contributed by atoms with Crippen molar-refractivity contribution in [3.63, 3.8) is 0 Å². The van der Waals surface area contributed by atoms with Crippen LogP contribution < -0.4 is 0 Å². The van der Waals surface area contributed by atoms with Gasteiger partial charge in [-0.25, -0.2) is 0 Å². The minimum atomic E-state index is -0.818. The summed E-state index contributed by atoms with van der Waals surface area (Å²) in [5, 5.41) is 0. The number of hydrogen-bond donors (Lipinski definition) is 0. The Hall–Kier alpha value is -3.93. The fourth-order valence-electron chi connectivity index (χ4n) is 5.53. The first-order chi connectivity index (χ1) is 28.0. The molecule has 6 nitrogen and oxygen atoms in total. The highest BCUT2D eigenvalue weighted by Crippen LogP contribution is 2.12. The SMILES string of the molecule is CC\C=C/C=C\C=C/CCCCCCCCCC(=O)OCC(COC(=O)CCCC/C=C\C/C=C\C/C=C\CC)OC(=O)CCCC/C=C\C/C=C\C/C=C\CC. The van der Waals surface area contributed by atoms with Gasteiger partial charge in [0.1, 0.15) is 13.2 Å². The summed E-state index contributed by atoms with van der Waals surface area (Å²) in [4.78, 5) is 37.7. The first kappa shape index (κ1) is 53.1. The van der Waals surface area contributed by atoms with Crippen LogP contribution in [-0.4, -0.2) is 37.2 Å². The standard InChI is InChI=1S/C51H80O6/c1-4-7-10-13-16-19-22-25-26-27-30-32-35-38-41-44-50(53)56-47-48(57-51(54)45-42-39-36-33-29-24-21-18-15-12-9-6-3)46-55-49(52)43-40-37-34-31-28-23-20-17-14-11-8-5-2/h7-13,16-22,28-29,31,33,48H,4-6,14-15,23-27,30,32,34-47H2,1-3H3/b10-7-,11-8-,12-9-,16-13-,20-17-,21-18-,22-19-,31-28-,33-29-. The summed E-state index contributed by atoms with van der Waals surface area (Å²) in [7, 11) is 0. The van der Waals surface area contributed by atoms with Crippen LogP contribution in [-0.2, 0) is 28.6 Å². The van der Waals surface area contributed by atoms with E-state index in [1.54, 1.807) is 0 Å². The molecule has 0 aromatic rings. The van der Waals surface area contributed by atoms with Gasteiger partial charge in [0.2, 0.25) is 0 Å². The van der Waals surface area contributed by atoms with Gasteiger partial charge in [0.05, 0.1) is 0 Å². The number of carbonyl (C=O) groups excluding carboxylic acids is 3. The summed E-state index contributed by atoms with van der Waals surface area (Å²) in [5.41, 5.74) is 0. The van der Waals surface area contributed by atoms with E-state index >= 15 is 0 Å². The van der Waals surface area contributed by atoms with E-state index in [1.807, 2.05) is 0 Å². The fraction of sp³-hybridized carbons (Fsp3) is 0.588. The molecule has 0 bridgehead atoms. The maximum Gasteiger partial charge on any atom is 0.306 e. The molecule has 0 aromatic carbocycles. The van der Waals surface area contributed by atoms with E-state index in [4.69, 9.17) is 14.2 Å². The zero-order valence-corrected chi connectivity index (χ0v) is 36.3. The number of esters is 3. The van der Waals surface area contributed by atoms with Crippen molar-refractivity contribution in [1.82, 2.24) is 0 Å². The average Bonchev–Trinajstić information content (AvgIpc) is 3.21. The third-order valence-electron chi connectivity index (χ3n) is 8.81. The smallest absolute Gasteiger partial charge is 0.306 e. The van der Waals surface area contributed by atoms with E-state index in [0.29, 0.717) is 25.7 Å². The molecule has 0 spiro atoms. The molecule has 0 radical (unpaired) electrons. The Morgan fingerprint density at radius 1 is 0.368 bits per heavy atom. The van der Waals surface area contributed by atoms with Crippen molar-refractivity contribution in [2.24, 2.45) is 0 Å². The zero-order valence-electron chi connectivity index (χ0n) is 36.3. The van der Waals surface area contributed by atoms with Crippen molar-refractivity contribution in [3.05, 3.63) is 109 Å². The molecule has 0 rings (SSSR count). The van der Waals surface area contributed by atoms with Gasteiger partial charge in [-0.05, 0) is 103 Å². The topological polar surface area (TPSA) is 78.9 Å². The molecule has 0 aliphatic carbocycles. The molecule has 0 N–H and O–H groups in total. The van der Waals surface area contributed by atoms with E-state index in [1.165, 1.54) is 25.7 Å². The Bertz CT molecular complexity index is 1230. The van der Waals surface area contributed by atoms with E-state index in [-0.39, 0.29) is 37.5 Å². The lowest BCUT2D eigenvalue weighted by Crippen LogP contribution is -2.30. The highest BCUT2D eigenvalue weighted by Gasteiger charge is 2.19. The second-order valence-corrected chi connectivity index (χ2v) is 14.2. The monoisotopic (exact) mass is 789 g/mol. The van der Waals surface area contributed by atoms with Crippen LogP contribution in [0.15, 0.2) is 109 Å². The van der Waals surface area contributed by atoms with Crippen LogP contribution >= 0.6 is 0 Å². The number of allylic oxidation sites excluding steroid dienone is 18. The molecule has 0 saturated carbocycles. The molecule has 0 aromatic heterocycles. The summed E-state index contributed by atoms with van der Waals surface area (Å²) in [6.45, 7) is 6.16. The second-order valence-electron chi connectivity index (χ2n) is 14.2. The number of carbonyl (C=O) groups is 3. The van der Waals surface area contributed by atoms with E-state index < -0.39 is 6.10 Å². The molecule has 6 heteroatoms. The maximum absolute atomic E-state index is 12.7. The Kier molecular flexibility index (Phi) is 41.7. The van der Waals surface area contributed by atoms with Crippen molar-refractivity contribution in [2.75, 3.05) is 13.2 Å². The number of rotatable bonds is 38. The summed E-state index contributed by atoms with van der Waals surface area (Å²) in [6, 6.07) is 0. The molecule has 57 heavy (non-hydrogen) atoms. The van der Waals surface area contributed by atoms with Gasteiger partial charge in [-0.3, -0.25) is 14.4 Å². The van der Waals surface area contributed by atoms with E-state index in [9.17, 15) is 14.4 Å². The van der Waals surface area contributed by atoms with Gasteiger partial charge in [-0.1, -0.05) is 162 Å². The van der Waals surface area contributed by atoms with Crippen molar-refractivity contribution in [1.29, 1.82) is 0 Å². The molecule has 320 valence electrons. The van der Waals surface area contributed by atoms with Crippen molar-refractivity contribution in [2.45, 2.75) is 181 Å². The summed E-state index contributed by atoms with van der Waals surface area (Å²) < 4.78 is 16.6. The van der Waals surface area contributed by atoms with Gasteiger partial charge in [0.25, 0.3) is 0 Å².